The fourth-order valence-corrected chi connectivity index (χ4v) is 0. The molecule has 0 amide bonds. The molecule has 0 aliphatic carbocycles. The van der Waals surface area contributed by atoms with E-state index in [9.17, 15) is 25.9 Å². The lowest BCUT2D eigenvalue weighted by Gasteiger charge is -1.98. The molecule has 0 unspecified atom stereocenters. The molecule has 0 saturated carbocycles. The van der Waals surface area contributed by atoms with Gasteiger partial charge in [0.1, 0.15) is 0 Å². The van der Waals surface area contributed by atoms with E-state index in [1.54, 1.807) is 0 Å². The van der Waals surface area contributed by atoms with Gasteiger partial charge in [-0.1, -0.05) is 6.92 Å². The van der Waals surface area contributed by atoms with E-state index in [1.165, 1.54) is 6.42 Å². The highest BCUT2D eigenvalue weighted by Crippen LogP contribution is 1.74. The Labute approximate surface area is 102 Å². The quantitative estimate of drug-likeness (QED) is 0.449. The second-order valence-corrected chi connectivity index (χ2v) is 4.30. The Morgan fingerprint density at radius 2 is 1.12 bits per heavy atom. The monoisotopic (exact) mass is 300 g/mol. The Kier molecular flexibility index (Phi) is 20.6. The van der Waals surface area contributed by atoms with Gasteiger partial charge in [0.25, 0.3) is 0 Å². The lowest BCUT2D eigenvalue weighted by molar-refractivity contribution is -0.367. The zero-order valence-corrected chi connectivity index (χ0v) is 11.8. The molecule has 110 valence electrons. The maximum atomic E-state index is 9.22. The summed E-state index contributed by atoms with van der Waals surface area (Å²) in [5, 5.41) is 0. The van der Waals surface area contributed by atoms with E-state index in [0.29, 0.717) is 0 Å². The number of hydrogen-bond donors (Lipinski definition) is 2. The van der Waals surface area contributed by atoms with Gasteiger partial charge in [0.05, 0.1) is 20.8 Å². The summed E-state index contributed by atoms with van der Waals surface area (Å²) in [5.41, 5.74) is 3.60. The van der Waals surface area contributed by atoms with Crippen LogP contribution in [-0.2, 0) is 29.2 Å². The van der Waals surface area contributed by atoms with E-state index in [0.717, 1.165) is 20.8 Å². The van der Waals surface area contributed by atoms with Crippen LogP contribution in [0.2, 0.25) is 0 Å². The Bertz CT molecular complexity index is 290. The van der Waals surface area contributed by atoms with Crippen LogP contribution in [0.3, 0.4) is 0 Å². The zero-order chi connectivity index (χ0) is 13.8. The van der Waals surface area contributed by atoms with Crippen molar-refractivity contribution in [3.63, 3.8) is 0 Å². The normalized spacial score (nSPS) is 10.0. The molecular formula is C5H20N2O8S2. The Balaban J connectivity index is -0.0000000741. The maximum Gasteiger partial charge on any atom is 0.217 e. The Morgan fingerprint density at radius 3 is 1.12 bits per heavy atom. The molecule has 0 aliphatic heterocycles. The van der Waals surface area contributed by atoms with Crippen molar-refractivity contribution < 1.29 is 40.0 Å². The predicted molar refractivity (Wildman–Crippen MR) is 57.4 cm³/mol. The Hall–Kier alpha value is -0.340. The molecule has 0 bridgehead atoms. The number of hydrogen-bond acceptors (Lipinski definition) is 8. The summed E-state index contributed by atoms with van der Waals surface area (Å²) in [7, 11) is -7.21. The predicted octanol–water partition coefficient (Wildman–Crippen LogP) is -1.80. The smallest absolute Gasteiger partial charge is 0.217 e. The Morgan fingerprint density at radius 1 is 1.00 bits per heavy atom. The van der Waals surface area contributed by atoms with Crippen LogP contribution in [0.25, 0.3) is 0 Å². The highest BCUT2D eigenvalue weighted by atomic mass is 32.3. The van der Waals surface area contributed by atoms with Crippen LogP contribution in [0.5, 0.6) is 0 Å². The number of rotatable bonds is 3. The molecule has 0 radical (unpaired) electrons. The molecule has 0 heterocycles. The fourth-order valence-electron chi connectivity index (χ4n) is 0. The molecule has 0 atom stereocenters. The van der Waals surface area contributed by atoms with Crippen LogP contribution in [0.4, 0.5) is 0 Å². The third kappa shape index (κ3) is 65.9. The third-order valence-corrected chi connectivity index (χ3v) is 1.58. The van der Waals surface area contributed by atoms with Gasteiger partial charge in [-0.3, -0.25) is 8.37 Å². The first kappa shape index (κ1) is 25.5. The van der Waals surface area contributed by atoms with Gasteiger partial charge in [0, 0.05) is 0 Å². The summed E-state index contributed by atoms with van der Waals surface area (Å²) in [5.74, 6) is 0. The van der Waals surface area contributed by atoms with E-state index in [-0.39, 0.29) is 6.15 Å². The standard InChI is InChI=1S/C3H9N.2CH4O4S.H3N/c1-2-3-4;2*1-5-6(2,3)4;/h2-4H2,1H3;2*1H3,(H,2,3,4);1H3. The second kappa shape index (κ2) is 13.7. The summed E-state index contributed by atoms with van der Waals surface area (Å²) in [6, 6.07) is 0. The van der Waals surface area contributed by atoms with Crippen molar-refractivity contribution in [2.75, 3.05) is 20.8 Å². The van der Waals surface area contributed by atoms with Crippen molar-refractivity contribution in [2.45, 2.75) is 13.3 Å². The van der Waals surface area contributed by atoms with Gasteiger partial charge in [-0.15, -0.1) is 0 Å². The molecule has 0 aromatic rings. The van der Waals surface area contributed by atoms with E-state index in [1.807, 2.05) is 0 Å². The fraction of sp³-hybridized carbons (Fsp3) is 1.00. The average molecular weight is 300 g/mol. The van der Waals surface area contributed by atoms with Crippen molar-refractivity contribution in [3.8, 4) is 0 Å². The van der Waals surface area contributed by atoms with Gasteiger partial charge >= 0.3 is 0 Å². The number of quaternary nitrogens is 2. The molecule has 0 saturated heterocycles. The van der Waals surface area contributed by atoms with Gasteiger partial charge in [-0.05, 0) is 6.42 Å². The van der Waals surface area contributed by atoms with Crippen molar-refractivity contribution in [3.05, 3.63) is 0 Å². The molecular weight excluding hydrogens is 280 g/mol. The van der Waals surface area contributed by atoms with Crippen molar-refractivity contribution in [1.29, 1.82) is 0 Å². The summed E-state index contributed by atoms with van der Waals surface area (Å²) in [6.07, 6.45) is 1.21. The summed E-state index contributed by atoms with van der Waals surface area (Å²) >= 11 is 0. The van der Waals surface area contributed by atoms with Crippen LogP contribution in [-0.4, -0.2) is 46.7 Å². The highest BCUT2D eigenvalue weighted by Gasteiger charge is 1.79. The van der Waals surface area contributed by atoms with Gasteiger partial charge in [0.2, 0.25) is 20.8 Å². The topological polar surface area (TPSA) is 197 Å². The average Bonchev–Trinajstić information content (AvgIpc) is 2.17. The molecule has 0 rings (SSSR count). The first-order valence-corrected chi connectivity index (χ1v) is 6.52. The first-order chi connectivity index (χ1) is 7.04. The van der Waals surface area contributed by atoms with Crippen molar-refractivity contribution >= 4 is 20.8 Å². The summed E-state index contributed by atoms with van der Waals surface area (Å²) < 4.78 is 62.0. The van der Waals surface area contributed by atoms with E-state index < -0.39 is 20.8 Å². The van der Waals surface area contributed by atoms with Crippen LogP contribution < -0.4 is 11.9 Å². The molecule has 0 aliphatic rings. The van der Waals surface area contributed by atoms with Gasteiger partial charge in [-0.2, -0.15) is 0 Å². The minimum atomic E-state index is -4.41. The SMILES string of the molecule is CCC[NH3+].COS(=O)(=O)[O-].COS(=O)(=O)[O-].[NH4+]. The lowest BCUT2D eigenvalue weighted by atomic mass is 10.5. The first-order valence-electron chi connectivity index (χ1n) is 3.86. The molecule has 0 fully saturated rings. The summed E-state index contributed by atoms with van der Waals surface area (Å²) in [4.78, 5) is 0. The second-order valence-electron chi connectivity index (χ2n) is 2.00. The lowest BCUT2D eigenvalue weighted by Crippen LogP contribution is -2.49. The van der Waals surface area contributed by atoms with Crippen molar-refractivity contribution in [1.82, 2.24) is 6.15 Å². The van der Waals surface area contributed by atoms with Gasteiger partial charge < -0.3 is 21.0 Å². The summed E-state index contributed by atoms with van der Waals surface area (Å²) in [6.45, 7) is 3.19. The maximum absolute atomic E-state index is 9.22. The molecule has 17 heavy (non-hydrogen) atoms. The van der Waals surface area contributed by atoms with Gasteiger partial charge in [0.15, 0.2) is 0 Å². The van der Waals surface area contributed by atoms with Crippen molar-refractivity contribution in [2.24, 2.45) is 0 Å². The molecule has 10 nitrogen and oxygen atoms in total. The van der Waals surface area contributed by atoms with E-state index in [2.05, 4.69) is 21.0 Å². The molecule has 0 aromatic carbocycles. The minimum absolute atomic E-state index is 0. The van der Waals surface area contributed by atoms with Gasteiger partial charge in [-0.25, -0.2) is 16.8 Å². The van der Waals surface area contributed by atoms with Crippen LogP contribution in [0.1, 0.15) is 13.3 Å². The third-order valence-electron chi connectivity index (χ3n) is 0.762. The zero-order valence-electron chi connectivity index (χ0n) is 10.2. The molecule has 12 heteroatoms. The minimum Gasteiger partial charge on any atom is -0.726 e. The molecule has 0 spiro atoms. The highest BCUT2D eigenvalue weighted by molar-refractivity contribution is 7.81. The van der Waals surface area contributed by atoms with E-state index >= 15 is 0 Å². The van der Waals surface area contributed by atoms with Crippen LogP contribution in [0.15, 0.2) is 0 Å². The van der Waals surface area contributed by atoms with Crippen LogP contribution >= 0.6 is 0 Å². The van der Waals surface area contributed by atoms with Crippen LogP contribution in [0, 0.1) is 0 Å². The molecule has 7 N–H and O–H groups in total. The molecule has 0 aromatic heterocycles. The van der Waals surface area contributed by atoms with E-state index in [4.69, 9.17) is 0 Å². The largest absolute Gasteiger partial charge is 0.726 e.